The van der Waals surface area contributed by atoms with E-state index in [2.05, 4.69) is 40.7 Å². The largest absolute Gasteiger partial charge is 0.237 e. The Morgan fingerprint density at radius 1 is 0.459 bits per heavy atom. The summed E-state index contributed by atoms with van der Waals surface area (Å²) in [6.07, 6.45) is 25.6. The van der Waals surface area contributed by atoms with Crippen LogP contribution in [0.2, 0.25) is 0 Å². The van der Waals surface area contributed by atoms with Crippen molar-refractivity contribution in [2.24, 2.45) is 20.0 Å². The van der Waals surface area contributed by atoms with Crippen molar-refractivity contribution in [2.75, 3.05) is 0 Å². The molecule has 0 saturated carbocycles. The lowest BCUT2D eigenvalue weighted by Gasteiger charge is -2.15. The number of thioether (sulfide) groups is 1. The number of hydrogen-bond donors (Lipinski definition) is 0. The second-order valence-corrected chi connectivity index (χ2v) is 10.4. The molecule has 0 aliphatic rings. The van der Waals surface area contributed by atoms with Crippen molar-refractivity contribution in [2.45, 2.75) is 153 Å². The lowest BCUT2D eigenvalue weighted by Crippen LogP contribution is -2.08. The molecule has 0 fully saturated rings. The first kappa shape index (κ1) is 37.0. The van der Waals surface area contributed by atoms with Gasteiger partial charge in [-0.3, -0.25) is 0 Å². The van der Waals surface area contributed by atoms with Gasteiger partial charge in [-0.15, -0.1) is 11.8 Å². The van der Waals surface area contributed by atoms with E-state index >= 15 is 0 Å². The summed E-state index contributed by atoms with van der Waals surface area (Å²) in [6, 6.07) is 0. The van der Waals surface area contributed by atoms with Crippen LogP contribution in [0.15, 0.2) is 20.0 Å². The van der Waals surface area contributed by atoms with Crippen LogP contribution in [0.3, 0.4) is 0 Å². The molecule has 0 aromatic rings. The molecule has 0 bridgehead atoms. The van der Waals surface area contributed by atoms with Gasteiger partial charge in [0.05, 0.1) is 0 Å². The lowest BCUT2D eigenvalue weighted by atomic mass is 10.1. The van der Waals surface area contributed by atoms with E-state index < -0.39 is 6.17 Å². The summed E-state index contributed by atoms with van der Waals surface area (Å²) in [6.45, 7) is 6.49. The molecule has 0 rings (SSSR count). The predicted molar refractivity (Wildman–Crippen MR) is 152 cm³/mol. The molecule has 0 saturated heterocycles. The van der Waals surface area contributed by atoms with Crippen molar-refractivity contribution in [1.82, 2.24) is 0 Å². The van der Waals surface area contributed by atoms with E-state index in [0.717, 1.165) is 64.2 Å². The molecule has 0 aromatic carbocycles. The first-order valence-corrected chi connectivity index (χ1v) is 15.0. The zero-order chi connectivity index (χ0) is 27.8. The van der Waals surface area contributed by atoms with Crippen LogP contribution in [0.25, 0.3) is 0 Å². The summed E-state index contributed by atoms with van der Waals surface area (Å²) >= 11 is 1.48. The Hall–Kier alpha value is -2.13. The number of aliphatic imine (C=N–C) groups is 4. The van der Waals surface area contributed by atoms with E-state index in [1.54, 1.807) is 12.2 Å². The molecule has 0 radical (unpaired) electrons. The van der Waals surface area contributed by atoms with Crippen LogP contribution >= 0.6 is 11.8 Å². The topological polar surface area (TPSA) is 118 Å². The first-order chi connectivity index (χ1) is 18.1. The number of hydrogen-bond acceptors (Lipinski definition) is 9. The SMILES string of the molecule is CCCCCC(N=C=O)SC(CCCCC)N=C=O.CCCCCCCCCCCC(N=C=O)N=C=O. The number of isocyanates is 4. The van der Waals surface area contributed by atoms with E-state index in [-0.39, 0.29) is 10.7 Å². The van der Waals surface area contributed by atoms with Crippen LogP contribution in [0.5, 0.6) is 0 Å². The fourth-order valence-electron chi connectivity index (χ4n) is 3.68. The van der Waals surface area contributed by atoms with Crippen molar-refractivity contribution in [3.63, 3.8) is 0 Å². The van der Waals surface area contributed by atoms with Crippen molar-refractivity contribution < 1.29 is 19.2 Å². The molecule has 37 heavy (non-hydrogen) atoms. The normalized spacial score (nSPS) is 12.3. The zero-order valence-corrected chi connectivity index (χ0v) is 24.1. The highest BCUT2D eigenvalue weighted by molar-refractivity contribution is 8.00. The minimum atomic E-state index is -0.565. The van der Waals surface area contributed by atoms with Crippen LogP contribution in [-0.2, 0) is 19.2 Å². The van der Waals surface area contributed by atoms with Crippen LogP contribution in [0.1, 0.15) is 136 Å². The standard InChI is InChI=1S/C14H24N2O2S.C14H24N2O2/c1-3-5-7-9-13(15-11-17)19-14(16-12-18)10-8-6-4-2;1-2-3-4-5-6-7-8-9-10-11-14(15-12-17)16-13-18/h13-14H,3-10H2,1-2H3;14H,2-11H2,1H3. The van der Waals surface area contributed by atoms with Gasteiger partial charge < -0.3 is 0 Å². The van der Waals surface area contributed by atoms with Crippen molar-refractivity contribution >= 4 is 36.1 Å². The Bertz CT molecular complexity index is 663. The second-order valence-electron chi connectivity index (χ2n) is 9.02. The predicted octanol–water partition coefficient (Wildman–Crippen LogP) is 8.11. The minimum absolute atomic E-state index is 0.132. The summed E-state index contributed by atoms with van der Waals surface area (Å²) in [4.78, 5) is 55.5. The molecule has 0 aliphatic heterocycles. The Labute approximate surface area is 228 Å². The maximum Gasteiger partial charge on any atom is 0.237 e. The fraction of sp³-hybridized carbons (Fsp3) is 0.857. The van der Waals surface area contributed by atoms with Gasteiger partial charge in [0, 0.05) is 0 Å². The molecule has 2 atom stereocenters. The molecular formula is C28H48N4O4S. The molecule has 0 aliphatic carbocycles. The summed E-state index contributed by atoms with van der Waals surface area (Å²) in [5.41, 5.74) is 0. The highest BCUT2D eigenvalue weighted by atomic mass is 32.2. The van der Waals surface area contributed by atoms with Gasteiger partial charge >= 0.3 is 0 Å². The van der Waals surface area contributed by atoms with Crippen molar-refractivity contribution in [1.29, 1.82) is 0 Å². The smallest absolute Gasteiger partial charge is 0.211 e. The Morgan fingerprint density at radius 3 is 1.16 bits per heavy atom. The van der Waals surface area contributed by atoms with Gasteiger partial charge in [0.25, 0.3) is 0 Å². The van der Waals surface area contributed by atoms with Gasteiger partial charge in [-0.2, -0.15) is 20.0 Å². The van der Waals surface area contributed by atoms with E-state index in [1.165, 1.54) is 68.9 Å². The molecule has 8 nitrogen and oxygen atoms in total. The zero-order valence-electron chi connectivity index (χ0n) is 23.3. The van der Waals surface area contributed by atoms with E-state index in [9.17, 15) is 19.2 Å². The van der Waals surface area contributed by atoms with Gasteiger partial charge in [-0.05, 0) is 25.7 Å². The van der Waals surface area contributed by atoms with Crippen molar-refractivity contribution in [3.05, 3.63) is 0 Å². The van der Waals surface area contributed by atoms with Gasteiger partial charge in [0.2, 0.25) is 24.3 Å². The van der Waals surface area contributed by atoms with Gasteiger partial charge in [-0.25, -0.2) is 19.2 Å². The third kappa shape index (κ3) is 28.3. The highest BCUT2D eigenvalue weighted by Crippen LogP contribution is 2.27. The van der Waals surface area contributed by atoms with Crippen molar-refractivity contribution in [3.8, 4) is 0 Å². The summed E-state index contributed by atoms with van der Waals surface area (Å²) in [5.74, 6) is 0. The quantitative estimate of drug-likeness (QED) is 0.0701. The summed E-state index contributed by atoms with van der Waals surface area (Å²) < 4.78 is 0. The molecule has 0 amide bonds. The fourth-order valence-corrected chi connectivity index (χ4v) is 4.86. The molecule has 0 N–H and O–H groups in total. The molecule has 9 heteroatoms. The molecule has 0 spiro atoms. The number of rotatable bonds is 24. The number of carbonyl (C=O) groups excluding carboxylic acids is 4. The number of unbranched alkanes of at least 4 members (excludes halogenated alkanes) is 12. The highest BCUT2D eigenvalue weighted by Gasteiger charge is 2.15. The van der Waals surface area contributed by atoms with E-state index in [0.29, 0.717) is 6.42 Å². The summed E-state index contributed by atoms with van der Waals surface area (Å²) in [5, 5.41) is -0.263. The van der Waals surface area contributed by atoms with Crippen LogP contribution in [-0.4, -0.2) is 41.2 Å². The first-order valence-electron chi connectivity index (χ1n) is 14.1. The molecule has 210 valence electrons. The Balaban J connectivity index is 0. The molecule has 2 unspecified atom stereocenters. The maximum atomic E-state index is 10.4. The average molecular weight is 537 g/mol. The van der Waals surface area contributed by atoms with E-state index in [1.807, 2.05) is 0 Å². The molecular weight excluding hydrogens is 488 g/mol. The van der Waals surface area contributed by atoms with Gasteiger partial charge in [-0.1, -0.05) is 111 Å². The number of nitrogens with zero attached hydrogens (tertiary/aromatic N) is 4. The second kappa shape index (κ2) is 31.9. The van der Waals surface area contributed by atoms with Crippen LogP contribution in [0, 0.1) is 0 Å². The maximum absolute atomic E-state index is 10.4. The monoisotopic (exact) mass is 536 g/mol. The summed E-state index contributed by atoms with van der Waals surface area (Å²) in [7, 11) is 0. The lowest BCUT2D eigenvalue weighted by molar-refractivity contribution is 0.516. The Morgan fingerprint density at radius 2 is 0.784 bits per heavy atom. The third-order valence-electron chi connectivity index (χ3n) is 5.79. The van der Waals surface area contributed by atoms with Crippen LogP contribution in [0.4, 0.5) is 0 Å². The average Bonchev–Trinajstić information content (AvgIpc) is 2.89. The van der Waals surface area contributed by atoms with E-state index in [4.69, 9.17) is 0 Å². The van der Waals surface area contributed by atoms with Gasteiger partial charge in [0.15, 0.2) is 6.17 Å². The minimum Gasteiger partial charge on any atom is -0.211 e. The molecule has 0 heterocycles. The molecule has 0 aromatic heterocycles. The van der Waals surface area contributed by atoms with Gasteiger partial charge in [0.1, 0.15) is 10.7 Å². The van der Waals surface area contributed by atoms with Crippen LogP contribution < -0.4 is 0 Å². The Kier molecular flexibility index (Phi) is 31.9. The third-order valence-corrected chi connectivity index (χ3v) is 7.10.